The van der Waals surface area contributed by atoms with Crippen LogP contribution in [0, 0.1) is 0 Å². The van der Waals surface area contributed by atoms with Crippen molar-refractivity contribution >= 4 is 11.9 Å². The zero-order chi connectivity index (χ0) is 15.9. The van der Waals surface area contributed by atoms with Crippen molar-refractivity contribution in [1.82, 2.24) is 10.6 Å². The molecular formula is C16H22N2O4. The number of methoxy groups -OCH3 is 1. The highest BCUT2D eigenvalue weighted by Gasteiger charge is 2.27. The van der Waals surface area contributed by atoms with Crippen LogP contribution in [0.1, 0.15) is 22.8 Å². The molecule has 0 aromatic heterocycles. The third-order valence-corrected chi connectivity index (χ3v) is 3.69. The van der Waals surface area contributed by atoms with Crippen LogP contribution >= 0.6 is 0 Å². The standard InChI is InChI=1S/C16H22N2O4/c1-11-14(17-9-10-22-11)15(19)18-8-7-12-3-5-13(6-4-12)16(20)21-2/h3-6,11,14,17H,7-10H2,1-2H3,(H,18,19)/t11-,14+/m1/s1. The zero-order valence-electron chi connectivity index (χ0n) is 12.9. The second-order valence-corrected chi connectivity index (χ2v) is 5.24. The van der Waals surface area contributed by atoms with Crippen molar-refractivity contribution < 1.29 is 19.1 Å². The van der Waals surface area contributed by atoms with Gasteiger partial charge in [0.2, 0.25) is 5.91 Å². The first kappa shape index (κ1) is 16.5. The number of ether oxygens (including phenoxy) is 2. The summed E-state index contributed by atoms with van der Waals surface area (Å²) >= 11 is 0. The van der Waals surface area contributed by atoms with Gasteiger partial charge < -0.3 is 20.1 Å². The number of morpholine rings is 1. The number of carbonyl (C=O) groups is 2. The molecule has 0 bridgehead atoms. The minimum Gasteiger partial charge on any atom is -0.465 e. The molecule has 0 spiro atoms. The highest BCUT2D eigenvalue weighted by Crippen LogP contribution is 2.07. The normalized spacial score (nSPS) is 21.2. The van der Waals surface area contributed by atoms with Gasteiger partial charge in [0.1, 0.15) is 6.04 Å². The Hall–Kier alpha value is -1.92. The SMILES string of the molecule is COC(=O)c1ccc(CCNC(=O)[C@H]2NCCO[C@@H]2C)cc1. The molecule has 1 heterocycles. The van der Waals surface area contributed by atoms with Crippen molar-refractivity contribution in [2.75, 3.05) is 26.8 Å². The molecule has 1 fully saturated rings. The van der Waals surface area contributed by atoms with E-state index >= 15 is 0 Å². The number of esters is 1. The molecule has 22 heavy (non-hydrogen) atoms. The summed E-state index contributed by atoms with van der Waals surface area (Å²) in [5.74, 6) is -0.393. The van der Waals surface area contributed by atoms with Gasteiger partial charge >= 0.3 is 5.97 Å². The van der Waals surface area contributed by atoms with Crippen LogP contribution in [0.3, 0.4) is 0 Å². The molecule has 0 saturated carbocycles. The van der Waals surface area contributed by atoms with Gasteiger partial charge in [-0.25, -0.2) is 4.79 Å². The third-order valence-electron chi connectivity index (χ3n) is 3.69. The van der Waals surface area contributed by atoms with Crippen molar-refractivity contribution in [2.24, 2.45) is 0 Å². The van der Waals surface area contributed by atoms with E-state index in [9.17, 15) is 9.59 Å². The summed E-state index contributed by atoms with van der Waals surface area (Å²) in [5.41, 5.74) is 1.57. The quantitative estimate of drug-likeness (QED) is 0.775. The van der Waals surface area contributed by atoms with Crippen LogP contribution < -0.4 is 10.6 Å². The Morgan fingerprint density at radius 1 is 1.36 bits per heavy atom. The molecule has 2 N–H and O–H groups in total. The van der Waals surface area contributed by atoms with Crippen LogP contribution in [-0.4, -0.2) is 50.8 Å². The minimum absolute atomic E-state index is 0.0432. The molecule has 6 heteroatoms. The van der Waals surface area contributed by atoms with Gasteiger partial charge in [-0.15, -0.1) is 0 Å². The molecule has 1 aromatic carbocycles. The summed E-state index contributed by atoms with van der Waals surface area (Å²) in [6.45, 7) is 3.76. The van der Waals surface area contributed by atoms with Crippen molar-refractivity contribution in [3.8, 4) is 0 Å². The van der Waals surface area contributed by atoms with Gasteiger partial charge in [-0.2, -0.15) is 0 Å². The zero-order valence-corrected chi connectivity index (χ0v) is 12.9. The molecule has 0 radical (unpaired) electrons. The molecule has 1 saturated heterocycles. The molecule has 2 rings (SSSR count). The Morgan fingerprint density at radius 3 is 2.73 bits per heavy atom. The molecule has 0 aliphatic carbocycles. The fourth-order valence-corrected chi connectivity index (χ4v) is 2.39. The molecular weight excluding hydrogens is 284 g/mol. The lowest BCUT2D eigenvalue weighted by Crippen LogP contribution is -2.55. The number of amides is 1. The molecule has 6 nitrogen and oxygen atoms in total. The van der Waals surface area contributed by atoms with Crippen molar-refractivity contribution in [1.29, 1.82) is 0 Å². The van der Waals surface area contributed by atoms with Gasteiger partial charge in [-0.1, -0.05) is 12.1 Å². The average Bonchev–Trinajstić information content (AvgIpc) is 2.55. The van der Waals surface area contributed by atoms with Crippen LogP contribution in [-0.2, 0) is 20.7 Å². The highest BCUT2D eigenvalue weighted by molar-refractivity contribution is 5.89. The van der Waals surface area contributed by atoms with E-state index in [0.29, 0.717) is 31.7 Å². The van der Waals surface area contributed by atoms with E-state index in [0.717, 1.165) is 5.56 Å². The van der Waals surface area contributed by atoms with Gasteiger partial charge in [0, 0.05) is 13.1 Å². The van der Waals surface area contributed by atoms with Crippen molar-refractivity contribution in [2.45, 2.75) is 25.5 Å². The predicted molar refractivity (Wildman–Crippen MR) is 81.7 cm³/mol. The average molecular weight is 306 g/mol. The minimum atomic E-state index is -0.350. The number of carbonyl (C=O) groups excluding carboxylic acids is 2. The first-order valence-corrected chi connectivity index (χ1v) is 7.42. The maximum Gasteiger partial charge on any atom is 0.337 e. The number of nitrogens with one attached hydrogen (secondary N) is 2. The first-order chi connectivity index (χ1) is 10.6. The Morgan fingerprint density at radius 2 is 2.09 bits per heavy atom. The Bertz CT molecular complexity index is 515. The van der Waals surface area contributed by atoms with Crippen molar-refractivity contribution in [3.63, 3.8) is 0 Å². The van der Waals surface area contributed by atoms with Gasteiger partial charge in [0.15, 0.2) is 0 Å². The van der Waals surface area contributed by atoms with Gasteiger partial charge in [0.05, 0.1) is 25.4 Å². The number of hydrogen-bond donors (Lipinski definition) is 2. The number of benzene rings is 1. The second kappa shape index (κ2) is 7.91. The molecule has 2 atom stereocenters. The molecule has 120 valence electrons. The van der Waals surface area contributed by atoms with E-state index in [1.54, 1.807) is 12.1 Å². The molecule has 1 aromatic rings. The smallest absolute Gasteiger partial charge is 0.337 e. The summed E-state index contributed by atoms with van der Waals surface area (Å²) in [6.07, 6.45) is 0.586. The van der Waals surface area contributed by atoms with E-state index in [1.165, 1.54) is 7.11 Å². The Balaban J connectivity index is 1.78. The lowest BCUT2D eigenvalue weighted by Gasteiger charge is -2.29. The Labute approximate surface area is 130 Å². The van der Waals surface area contributed by atoms with E-state index in [1.807, 2.05) is 19.1 Å². The van der Waals surface area contributed by atoms with Crippen LogP contribution in [0.4, 0.5) is 0 Å². The lowest BCUT2D eigenvalue weighted by molar-refractivity contribution is -0.128. The lowest BCUT2D eigenvalue weighted by atomic mass is 10.1. The second-order valence-electron chi connectivity index (χ2n) is 5.24. The molecule has 0 unspecified atom stereocenters. The van der Waals surface area contributed by atoms with E-state index in [-0.39, 0.29) is 24.0 Å². The maximum absolute atomic E-state index is 12.1. The van der Waals surface area contributed by atoms with E-state index in [4.69, 9.17) is 4.74 Å². The summed E-state index contributed by atoms with van der Waals surface area (Å²) in [4.78, 5) is 23.4. The fraction of sp³-hybridized carbons (Fsp3) is 0.500. The summed E-state index contributed by atoms with van der Waals surface area (Å²) < 4.78 is 10.1. The topological polar surface area (TPSA) is 76.7 Å². The van der Waals surface area contributed by atoms with E-state index < -0.39 is 0 Å². The van der Waals surface area contributed by atoms with E-state index in [2.05, 4.69) is 15.4 Å². The molecule has 1 aliphatic rings. The Kier molecular flexibility index (Phi) is 5.91. The van der Waals surface area contributed by atoms with Crippen LogP contribution in [0.15, 0.2) is 24.3 Å². The first-order valence-electron chi connectivity index (χ1n) is 7.42. The van der Waals surface area contributed by atoms with Gasteiger partial charge in [0.25, 0.3) is 0 Å². The monoisotopic (exact) mass is 306 g/mol. The van der Waals surface area contributed by atoms with Crippen LogP contribution in [0.2, 0.25) is 0 Å². The summed E-state index contributed by atoms with van der Waals surface area (Å²) in [6, 6.07) is 6.88. The van der Waals surface area contributed by atoms with Crippen LogP contribution in [0.5, 0.6) is 0 Å². The van der Waals surface area contributed by atoms with Crippen molar-refractivity contribution in [3.05, 3.63) is 35.4 Å². The summed E-state index contributed by atoms with van der Waals surface area (Å²) in [5, 5.41) is 6.06. The van der Waals surface area contributed by atoms with Gasteiger partial charge in [-0.05, 0) is 31.0 Å². The summed E-state index contributed by atoms with van der Waals surface area (Å²) in [7, 11) is 1.36. The third kappa shape index (κ3) is 4.29. The fourth-order valence-electron chi connectivity index (χ4n) is 2.39. The number of rotatable bonds is 5. The number of hydrogen-bond acceptors (Lipinski definition) is 5. The van der Waals surface area contributed by atoms with Gasteiger partial charge in [-0.3, -0.25) is 4.79 Å². The van der Waals surface area contributed by atoms with Crippen LogP contribution in [0.25, 0.3) is 0 Å². The largest absolute Gasteiger partial charge is 0.465 e. The maximum atomic E-state index is 12.1. The molecule has 1 amide bonds. The predicted octanol–water partition coefficient (Wildman–Crippen LogP) is 0.509. The molecule has 1 aliphatic heterocycles. The highest BCUT2D eigenvalue weighted by atomic mass is 16.5.